The molecule has 0 unspecified atom stereocenters. The Morgan fingerprint density at radius 3 is 2.19 bits per heavy atom. The number of thiazole rings is 1. The number of piperazine rings is 1. The van der Waals surface area contributed by atoms with Crippen molar-refractivity contribution in [3.8, 4) is 23.0 Å². The molecule has 1 fully saturated rings. The molecule has 1 aliphatic heterocycles. The molecule has 0 bridgehead atoms. The Kier molecular flexibility index (Phi) is 10.1. The van der Waals surface area contributed by atoms with Crippen molar-refractivity contribution in [2.45, 2.75) is 20.4 Å². The molecule has 4 rings (SSSR count). The molecular formula is C28H39N7O6S. The lowest BCUT2D eigenvalue weighted by molar-refractivity contribution is 0.0531. The van der Waals surface area contributed by atoms with Gasteiger partial charge in [0.1, 0.15) is 4.88 Å². The Labute approximate surface area is 250 Å². The van der Waals surface area contributed by atoms with Crippen LogP contribution in [0.5, 0.6) is 23.0 Å². The molecule has 228 valence electrons. The van der Waals surface area contributed by atoms with E-state index in [9.17, 15) is 4.79 Å². The van der Waals surface area contributed by atoms with E-state index in [1.54, 1.807) is 42.3 Å². The fraction of sp³-hybridized carbons (Fsp3) is 0.500. The van der Waals surface area contributed by atoms with Crippen LogP contribution in [0.25, 0.3) is 0 Å². The van der Waals surface area contributed by atoms with E-state index in [1.165, 1.54) is 11.3 Å². The van der Waals surface area contributed by atoms with E-state index in [-0.39, 0.29) is 6.61 Å². The van der Waals surface area contributed by atoms with Gasteiger partial charge in [0.15, 0.2) is 28.3 Å². The van der Waals surface area contributed by atoms with E-state index in [0.29, 0.717) is 62.8 Å². The first-order valence-corrected chi connectivity index (χ1v) is 14.4. The van der Waals surface area contributed by atoms with Crippen molar-refractivity contribution in [1.29, 1.82) is 0 Å². The van der Waals surface area contributed by atoms with Crippen LogP contribution in [0, 0.1) is 6.92 Å². The molecule has 2 aromatic heterocycles. The van der Waals surface area contributed by atoms with Gasteiger partial charge in [-0.15, -0.1) is 0 Å². The monoisotopic (exact) mass is 601 g/mol. The largest absolute Gasteiger partial charge is 0.493 e. The molecule has 0 spiro atoms. The third kappa shape index (κ3) is 6.71. The number of likely N-dealkylation sites (N-methyl/N-ethyl adjacent to an activating group) is 1. The first-order chi connectivity index (χ1) is 20.2. The van der Waals surface area contributed by atoms with Gasteiger partial charge in [0.05, 0.1) is 40.7 Å². The standard InChI is InChI=1S/C28H39N7O6S/c1-9-41-26(36)23-17(2)29-28(42-23)32-27-30-24(22(40-8)25(31-27)35-12-10-33(3)11-13-35)34(4)16-18-14-19(37-5)21(39-7)20(15-18)38-6/h14-15H,9-13,16H2,1-8H3,(H,29,30,31,32). The number of carbonyl (C=O) groups excluding carboxylic acids is 1. The van der Waals surface area contributed by atoms with Crippen LogP contribution in [0.3, 0.4) is 0 Å². The summed E-state index contributed by atoms with van der Waals surface area (Å²) in [5.74, 6) is 3.39. The zero-order valence-corrected chi connectivity index (χ0v) is 26.3. The number of rotatable bonds is 12. The summed E-state index contributed by atoms with van der Waals surface area (Å²) in [6.45, 7) is 7.63. The Morgan fingerprint density at radius 1 is 0.976 bits per heavy atom. The normalized spacial score (nSPS) is 13.5. The van der Waals surface area contributed by atoms with Crippen molar-refractivity contribution in [2.75, 3.05) is 90.4 Å². The molecule has 1 saturated heterocycles. The fourth-order valence-electron chi connectivity index (χ4n) is 4.66. The van der Waals surface area contributed by atoms with Crippen LogP contribution in [0.15, 0.2) is 12.1 Å². The van der Waals surface area contributed by atoms with Crippen LogP contribution < -0.4 is 34.1 Å². The predicted octanol–water partition coefficient (Wildman–Crippen LogP) is 3.58. The highest BCUT2D eigenvalue weighted by atomic mass is 32.1. The number of ether oxygens (including phenoxy) is 5. The Bertz CT molecular complexity index is 1370. The van der Waals surface area contributed by atoms with E-state index in [2.05, 4.69) is 27.1 Å². The summed E-state index contributed by atoms with van der Waals surface area (Å²) in [7, 11) is 10.4. The molecule has 0 atom stereocenters. The maximum absolute atomic E-state index is 12.4. The smallest absolute Gasteiger partial charge is 0.350 e. The van der Waals surface area contributed by atoms with Gasteiger partial charge >= 0.3 is 5.97 Å². The van der Waals surface area contributed by atoms with E-state index >= 15 is 0 Å². The highest BCUT2D eigenvalue weighted by molar-refractivity contribution is 7.17. The summed E-state index contributed by atoms with van der Waals surface area (Å²) in [6, 6.07) is 3.81. The van der Waals surface area contributed by atoms with Crippen LogP contribution in [-0.4, -0.2) is 101 Å². The van der Waals surface area contributed by atoms with E-state index in [1.807, 2.05) is 24.1 Å². The maximum Gasteiger partial charge on any atom is 0.350 e. The number of aryl methyl sites for hydroxylation is 1. The van der Waals surface area contributed by atoms with Crippen molar-refractivity contribution in [1.82, 2.24) is 19.9 Å². The number of benzene rings is 1. The molecule has 3 aromatic rings. The second-order valence-corrected chi connectivity index (χ2v) is 10.7. The number of methoxy groups -OCH3 is 4. The molecule has 42 heavy (non-hydrogen) atoms. The molecule has 0 aliphatic carbocycles. The molecule has 1 aliphatic rings. The van der Waals surface area contributed by atoms with Crippen LogP contribution in [-0.2, 0) is 11.3 Å². The summed E-state index contributed by atoms with van der Waals surface area (Å²) >= 11 is 1.20. The number of carbonyl (C=O) groups is 1. The summed E-state index contributed by atoms with van der Waals surface area (Å²) in [5, 5.41) is 3.70. The fourth-order valence-corrected chi connectivity index (χ4v) is 5.52. The third-order valence-electron chi connectivity index (χ3n) is 6.82. The number of nitrogens with zero attached hydrogens (tertiary/aromatic N) is 6. The summed E-state index contributed by atoms with van der Waals surface area (Å²) in [6.07, 6.45) is 0. The van der Waals surface area contributed by atoms with Crippen LogP contribution >= 0.6 is 11.3 Å². The number of hydrogen-bond donors (Lipinski definition) is 1. The zero-order valence-electron chi connectivity index (χ0n) is 25.4. The van der Waals surface area contributed by atoms with Gasteiger partial charge in [-0.1, -0.05) is 11.3 Å². The van der Waals surface area contributed by atoms with Crippen molar-refractivity contribution in [3.05, 3.63) is 28.3 Å². The Balaban J connectivity index is 1.74. The second-order valence-electron chi connectivity index (χ2n) is 9.69. The highest BCUT2D eigenvalue weighted by Gasteiger charge is 2.26. The second kappa shape index (κ2) is 13.7. The molecule has 14 heteroatoms. The van der Waals surface area contributed by atoms with Crippen molar-refractivity contribution >= 4 is 40.0 Å². The van der Waals surface area contributed by atoms with Gasteiger partial charge in [-0.05, 0) is 38.6 Å². The van der Waals surface area contributed by atoms with Crippen molar-refractivity contribution in [3.63, 3.8) is 0 Å². The third-order valence-corrected chi connectivity index (χ3v) is 7.87. The molecule has 3 heterocycles. The van der Waals surface area contributed by atoms with Crippen LogP contribution in [0.4, 0.5) is 22.7 Å². The quantitative estimate of drug-likeness (QED) is 0.305. The van der Waals surface area contributed by atoms with Crippen LogP contribution in [0.2, 0.25) is 0 Å². The van der Waals surface area contributed by atoms with E-state index < -0.39 is 5.97 Å². The van der Waals surface area contributed by atoms with E-state index in [0.717, 1.165) is 31.7 Å². The van der Waals surface area contributed by atoms with Gasteiger partial charge in [0.25, 0.3) is 0 Å². The van der Waals surface area contributed by atoms with Crippen molar-refractivity contribution in [2.24, 2.45) is 0 Å². The summed E-state index contributed by atoms with van der Waals surface area (Å²) < 4.78 is 27.7. The maximum atomic E-state index is 12.4. The number of hydrogen-bond acceptors (Lipinski definition) is 14. The molecule has 13 nitrogen and oxygen atoms in total. The average molecular weight is 602 g/mol. The Hall–Kier alpha value is -4.04. The minimum atomic E-state index is -0.403. The predicted molar refractivity (Wildman–Crippen MR) is 163 cm³/mol. The molecule has 0 amide bonds. The minimum Gasteiger partial charge on any atom is -0.493 e. The van der Waals surface area contributed by atoms with Crippen LogP contribution in [0.1, 0.15) is 27.9 Å². The number of anilines is 4. The van der Waals surface area contributed by atoms with E-state index in [4.69, 9.17) is 33.7 Å². The lowest BCUT2D eigenvalue weighted by Gasteiger charge is -2.34. The summed E-state index contributed by atoms with van der Waals surface area (Å²) in [4.78, 5) is 33.5. The Morgan fingerprint density at radius 2 is 1.62 bits per heavy atom. The molecule has 1 N–H and O–H groups in total. The van der Waals surface area contributed by atoms with Gasteiger partial charge in [-0.2, -0.15) is 9.97 Å². The van der Waals surface area contributed by atoms with Gasteiger partial charge in [-0.3, -0.25) is 5.32 Å². The average Bonchev–Trinajstić information content (AvgIpc) is 3.36. The number of aromatic nitrogens is 3. The zero-order chi connectivity index (χ0) is 30.4. The highest BCUT2D eigenvalue weighted by Crippen LogP contribution is 2.41. The summed E-state index contributed by atoms with van der Waals surface area (Å²) in [5.41, 5.74) is 1.49. The first kappa shape index (κ1) is 30.9. The lowest BCUT2D eigenvalue weighted by Crippen LogP contribution is -2.45. The van der Waals surface area contributed by atoms with Gasteiger partial charge in [-0.25, -0.2) is 9.78 Å². The molecule has 0 saturated carbocycles. The van der Waals surface area contributed by atoms with Crippen molar-refractivity contribution < 1.29 is 28.5 Å². The molecular weight excluding hydrogens is 562 g/mol. The first-order valence-electron chi connectivity index (χ1n) is 13.5. The number of nitrogens with one attached hydrogen (secondary N) is 1. The molecule has 1 aromatic carbocycles. The van der Waals surface area contributed by atoms with Gasteiger partial charge in [0.2, 0.25) is 17.4 Å². The van der Waals surface area contributed by atoms with Gasteiger partial charge < -0.3 is 38.4 Å². The molecule has 0 radical (unpaired) electrons. The van der Waals surface area contributed by atoms with Gasteiger partial charge in [0, 0.05) is 39.8 Å². The minimum absolute atomic E-state index is 0.288. The lowest BCUT2D eigenvalue weighted by atomic mass is 10.1. The topological polar surface area (TPSA) is 124 Å². The SMILES string of the molecule is CCOC(=O)c1sc(Nc2nc(N(C)Cc3cc(OC)c(OC)c(OC)c3)c(OC)c(N3CCN(C)CC3)n2)nc1C. The number of esters is 1.